The summed E-state index contributed by atoms with van der Waals surface area (Å²) in [6.07, 6.45) is -1.67. The molecule has 0 rings (SSSR count). The number of primary amides is 1. The molecular formula is C6H11N3O5. The highest BCUT2D eigenvalue weighted by Gasteiger charge is 2.13. The first kappa shape index (κ1) is 12.2. The van der Waals surface area contributed by atoms with Crippen LogP contribution in [-0.4, -0.2) is 47.3 Å². The fourth-order valence-corrected chi connectivity index (χ4v) is 0.507. The first-order valence-corrected chi connectivity index (χ1v) is 3.64. The summed E-state index contributed by atoms with van der Waals surface area (Å²) in [7, 11) is 0. The number of rotatable bonds is 5. The molecule has 80 valence electrons. The molecule has 0 bridgehead atoms. The lowest BCUT2D eigenvalue weighted by Crippen LogP contribution is -2.44. The molecule has 0 aliphatic heterocycles. The number of hydrogen-bond acceptors (Lipinski definition) is 4. The molecule has 0 radical (unpaired) electrons. The van der Waals surface area contributed by atoms with Gasteiger partial charge in [-0.3, -0.25) is 4.79 Å². The third kappa shape index (κ3) is 5.77. The van der Waals surface area contributed by atoms with Gasteiger partial charge in [-0.15, -0.1) is 0 Å². The Bertz CT molecular complexity index is 242. The minimum Gasteiger partial charge on any atom is -0.479 e. The summed E-state index contributed by atoms with van der Waals surface area (Å²) in [5.41, 5.74) is 4.72. The summed E-state index contributed by atoms with van der Waals surface area (Å²) < 4.78 is 0. The zero-order valence-corrected chi connectivity index (χ0v) is 7.19. The molecule has 14 heavy (non-hydrogen) atoms. The van der Waals surface area contributed by atoms with Gasteiger partial charge in [-0.25, -0.2) is 9.59 Å². The van der Waals surface area contributed by atoms with Gasteiger partial charge in [0.05, 0.1) is 13.1 Å². The summed E-state index contributed by atoms with van der Waals surface area (Å²) in [5.74, 6) is -2.17. The Morgan fingerprint density at radius 3 is 2.29 bits per heavy atom. The van der Waals surface area contributed by atoms with Gasteiger partial charge in [-0.2, -0.15) is 0 Å². The van der Waals surface area contributed by atoms with Crippen LogP contribution in [-0.2, 0) is 9.59 Å². The number of urea groups is 1. The zero-order chi connectivity index (χ0) is 11.1. The summed E-state index contributed by atoms with van der Waals surface area (Å²) in [5, 5.41) is 21.0. The molecule has 6 N–H and O–H groups in total. The van der Waals surface area contributed by atoms with Crippen LogP contribution in [0.15, 0.2) is 0 Å². The van der Waals surface area contributed by atoms with E-state index in [0.29, 0.717) is 0 Å². The fourth-order valence-electron chi connectivity index (χ4n) is 0.507. The lowest BCUT2D eigenvalue weighted by molar-refractivity contribution is -0.146. The number of aliphatic hydroxyl groups excluding tert-OH is 1. The number of aliphatic carboxylic acids is 1. The van der Waals surface area contributed by atoms with E-state index >= 15 is 0 Å². The zero-order valence-electron chi connectivity index (χ0n) is 7.19. The van der Waals surface area contributed by atoms with E-state index in [9.17, 15) is 14.4 Å². The van der Waals surface area contributed by atoms with Crippen molar-refractivity contribution in [2.75, 3.05) is 13.1 Å². The van der Waals surface area contributed by atoms with Crippen LogP contribution < -0.4 is 16.4 Å². The van der Waals surface area contributed by atoms with Crippen LogP contribution in [0.25, 0.3) is 0 Å². The second-order valence-corrected chi connectivity index (χ2v) is 2.38. The maximum atomic E-state index is 10.7. The Hall–Kier alpha value is -1.83. The maximum absolute atomic E-state index is 10.7. The van der Waals surface area contributed by atoms with Gasteiger partial charge in [-0.05, 0) is 0 Å². The number of carbonyl (C=O) groups excluding carboxylic acids is 2. The molecule has 1 atom stereocenters. The van der Waals surface area contributed by atoms with Crippen molar-refractivity contribution < 1.29 is 24.6 Å². The number of amides is 3. The predicted octanol–water partition coefficient (Wildman–Crippen LogP) is -2.78. The van der Waals surface area contributed by atoms with Gasteiger partial charge in [0.25, 0.3) is 0 Å². The smallest absolute Gasteiger partial charge is 0.334 e. The van der Waals surface area contributed by atoms with Crippen LogP contribution in [0, 0.1) is 0 Å². The molecule has 0 aromatic rings. The molecule has 8 nitrogen and oxygen atoms in total. The van der Waals surface area contributed by atoms with E-state index in [1.807, 2.05) is 10.6 Å². The minimum absolute atomic E-state index is 0.352. The molecule has 0 saturated heterocycles. The quantitative estimate of drug-likeness (QED) is 0.330. The summed E-state index contributed by atoms with van der Waals surface area (Å²) >= 11 is 0. The largest absolute Gasteiger partial charge is 0.479 e. The van der Waals surface area contributed by atoms with E-state index in [2.05, 4.69) is 0 Å². The average Bonchev–Trinajstić information content (AvgIpc) is 2.10. The lowest BCUT2D eigenvalue weighted by Gasteiger charge is -2.07. The minimum atomic E-state index is -1.67. The number of nitrogens with two attached hydrogens (primary N) is 1. The van der Waals surface area contributed by atoms with Gasteiger partial charge in [0.15, 0.2) is 6.10 Å². The van der Waals surface area contributed by atoms with Crippen molar-refractivity contribution in [3.05, 3.63) is 0 Å². The number of carbonyl (C=O) groups is 3. The van der Waals surface area contributed by atoms with Crippen LogP contribution in [0.4, 0.5) is 4.79 Å². The van der Waals surface area contributed by atoms with Crippen molar-refractivity contribution in [1.29, 1.82) is 0 Å². The number of carboxylic acid groups (broad SMARTS) is 1. The molecule has 0 aromatic heterocycles. The number of aliphatic hydroxyl groups is 1. The Morgan fingerprint density at radius 2 is 1.86 bits per heavy atom. The van der Waals surface area contributed by atoms with Crippen molar-refractivity contribution in [2.24, 2.45) is 5.73 Å². The average molecular weight is 205 g/mol. The Labute approximate surface area is 79.1 Å². The highest BCUT2D eigenvalue weighted by molar-refractivity contribution is 5.83. The van der Waals surface area contributed by atoms with Crippen molar-refractivity contribution >= 4 is 17.9 Å². The number of hydrogen-bond donors (Lipinski definition) is 5. The molecule has 1 unspecified atom stereocenters. The van der Waals surface area contributed by atoms with Crippen molar-refractivity contribution in [1.82, 2.24) is 10.6 Å². The SMILES string of the molecule is NC(=O)CNC(=O)NCC(O)C(=O)O. The van der Waals surface area contributed by atoms with Gasteiger partial charge in [0.2, 0.25) is 5.91 Å². The molecule has 0 aliphatic rings. The van der Waals surface area contributed by atoms with Crippen LogP contribution in [0.3, 0.4) is 0 Å². The maximum Gasteiger partial charge on any atom is 0.334 e. The predicted molar refractivity (Wildman–Crippen MR) is 44.2 cm³/mol. The first-order valence-electron chi connectivity index (χ1n) is 3.64. The van der Waals surface area contributed by atoms with Crippen LogP contribution in [0.5, 0.6) is 0 Å². The fraction of sp³-hybridized carbons (Fsp3) is 0.500. The topological polar surface area (TPSA) is 142 Å². The molecule has 3 amide bonds. The first-order chi connectivity index (χ1) is 6.43. The van der Waals surface area contributed by atoms with E-state index < -0.39 is 30.6 Å². The summed E-state index contributed by atoms with van der Waals surface area (Å²) in [6, 6.07) is -0.774. The molecule has 0 fully saturated rings. The Kier molecular flexibility index (Phi) is 5.00. The Balaban J connectivity index is 3.64. The second kappa shape index (κ2) is 5.75. The number of carboxylic acids is 1. The molecule has 0 aliphatic carbocycles. The highest BCUT2D eigenvalue weighted by atomic mass is 16.4. The van der Waals surface area contributed by atoms with Crippen molar-refractivity contribution in [3.63, 3.8) is 0 Å². The van der Waals surface area contributed by atoms with E-state index in [4.69, 9.17) is 15.9 Å². The monoisotopic (exact) mass is 205 g/mol. The third-order valence-corrected chi connectivity index (χ3v) is 1.16. The van der Waals surface area contributed by atoms with Crippen LogP contribution in [0.1, 0.15) is 0 Å². The summed E-state index contributed by atoms with van der Waals surface area (Å²) in [6.45, 7) is -0.797. The highest BCUT2D eigenvalue weighted by Crippen LogP contribution is 1.79. The number of nitrogens with one attached hydrogen (secondary N) is 2. The molecule has 0 spiro atoms. The van der Waals surface area contributed by atoms with Crippen molar-refractivity contribution in [2.45, 2.75) is 6.10 Å². The van der Waals surface area contributed by atoms with Gasteiger partial charge >= 0.3 is 12.0 Å². The van der Waals surface area contributed by atoms with Crippen LogP contribution >= 0.6 is 0 Å². The summed E-state index contributed by atoms with van der Waals surface area (Å²) in [4.78, 5) is 31.0. The Morgan fingerprint density at radius 1 is 1.29 bits per heavy atom. The lowest BCUT2D eigenvalue weighted by atomic mass is 10.4. The molecule has 0 heterocycles. The van der Waals surface area contributed by atoms with Crippen molar-refractivity contribution in [3.8, 4) is 0 Å². The molecule has 8 heteroatoms. The van der Waals surface area contributed by atoms with Gasteiger partial charge in [-0.1, -0.05) is 0 Å². The van der Waals surface area contributed by atoms with Gasteiger partial charge < -0.3 is 26.6 Å². The molecule has 0 saturated carbocycles. The molecule has 0 aromatic carbocycles. The van der Waals surface area contributed by atoms with E-state index in [1.54, 1.807) is 0 Å². The normalized spacial score (nSPS) is 11.5. The third-order valence-electron chi connectivity index (χ3n) is 1.16. The second-order valence-electron chi connectivity index (χ2n) is 2.38. The van der Waals surface area contributed by atoms with Crippen LogP contribution in [0.2, 0.25) is 0 Å². The van der Waals surface area contributed by atoms with E-state index in [-0.39, 0.29) is 6.54 Å². The van der Waals surface area contributed by atoms with Gasteiger partial charge in [0.1, 0.15) is 0 Å². The standard InChI is InChI=1S/C6H11N3O5/c7-4(11)2-9-6(14)8-1-3(10)5(12)13/h3,10H,1-2H2,(H2,7,11)(H,12,13)(H2,8,9,14). The molecular weight excluding hydrogens is 194 g/mol. The van der Waals surface area contributed by atoms with E-state index in [0.717, 1.165) is 0 Å². The van der Waals surface area contributed by atoms with Gasteiger partial charge in [0, 0.05) is 0 Å². The van der Waals surface area contributed by atoms with E-state index in [1.165, 1.54) is 0 Å².